The smallest absolute Gasteiger partial charge is 0.304 e. The third kappa shape index (κ3) is 2.81. The predicted octanol–water partition coefficient (Wildman–Crippen LogP) is 2.53. The first-order chi connectivity index (χ1) is 8.90. The molecule has 0 aliphatic rings. The summed E-state index contributed by atoms with van der Waals surface area (Å²) in [5.41, 5.74) is 2.13. The average molecular weight is 259 g/mol. The molecule has 0 aliphatic carbocycles. The zero-order valence-corrected chi connectivity index (χ0v) is 11.3. The Morgan fingerprint density at radius 2 is 2.21 bits per heavy atom. The summed E-state index contributed by atoms with van der Waals surface area (Å²) in [6.07, 6.45) is 3.49. The molecule has 2 rings (SSSR count). The van der Waals surface area contributed by atoms with Gasteiger partial charge in [0.2, 0.25) is 0 Å². The Kier molecular flexibility index (Phi) is 3.38. The molecule has 0 aliphatic heterocycles. The van der Waals surface area contributed by atoms with E-state index in [1.54, 1.807) is 12.4 Å². The number of nitrogens with one attached hydrogen (secondary N) is 1. The lowest BCUT2D eigenvalue weighted by Gasteiger charge is -2.19. The number of aryl methyl sites for hydroxylation is 1. The van der Waals surface area contributed by atoms with Gasteiger partial charge in [0.15, 0.2) is 0 Å². The summed E-state index contributed by atoms with van der Waals surface area (Å²) in [7, 11) is 0. The molecule has 0 spiro atoms. The Bertz CT molecular complexity index is 588. The fourth-order valence-electron chi connectivity index (χ4n) is 2.03. The second-order valence-electron chi connectivity index (χ2n) is 5.26. The molecule has 0 bridgehead atoms. The van der Waals surface area contributed by atoms with Gasteiger partial charge < -0.3 is 10.1 Å². The van der Waals surface area contributed by atoms with Crippen molar-refractivity contribution >= 4 is 5.97 Å². The monoisotopic (exact) mass is 259 g/mol. The van der Waals surface area contributed by atoms with Crippen molar-refractivity contribution in [3.63, 3.8) is 0 Å². The van der Waals surface area contributed by atoms with E-state index in [0.29, 0.717) is 5.82 Å². The number of aromatic amines is 1. The Morgan fingerprint density at radius 3 is 2.79 bits per heavy atom. The van der Waals surface area contributed by atoms with Crippen LogP contribution in [0.5, 0.6) is 0 Å². The number of hydrogen-bond acceptors (Lipinski definition) is 3. The van der Waals surface area contributed by atoms with Crippen molar-refractivity contribution in [1.29, 1.82) is 0 Å². The first-order valence-corrected chi connectivity index (χ1v) is 6.09. The number of carbonyl (C=O) groups is 1. The third-order valence-corrected chi connectivity index (χ3v) is 3.05. The quantitative estimate of drug-likeness (QED) is 0.884. The van der Waals surface area contributed by atoms with Gasteiger partial charge in [-0.05, 0) is 19.1 Å². The van der Waals surface area contributed by atoms with Gasteiger partial charge in [-0.3, -0.25) is 9.78 Å². The molecule has 5 nitrogen and oxygen atoms in total. The molecule has 2 aromatic heterocycles. The summed E-state index contributed by atoms with van der Waals surface area (Å²) in [5.74, 6) is -0.145. The van der Waals surface area contributed by atoms with Crippen molar-refractivity contribution in [2.24, 2.45) is 0 Å². The first-order valence-electron chi connectivity index (χ1n) is 6.09. The molecule has 0 fully saturated rings. The van der Waals surface area contributed by atoms with E-state index in [4.69, 9.17) is 5.11 Å². The van der Waals surface area contributed by atoms with Crippen LogP contribution >= 0.6 is 0 Å². The summed E-state index contributed by atoms with van der Waals surface area (Å²) in [5, 5.41) is 8.95. The van der Waals surface area contributed by atoms with E-state index < -0.39 is 11.4 Å². The zero-order chi connectivity index (χ0) is 14.0. The van der Waals surface area contributed by atoms with Gasteiger partial charge in [-0.1, -0.05) is 13.8 Å². The van der Waals surface area contributed by atoms with Crippen molar-refractivity contribution < 1.29 is 9.90 Å². The second kappa shape index (κ2) is 4.84. The van der Waals surface area contributed by atoms with Crippen LogP contribution < -0.4 is 0 Å². The Morgan fingerprint density at radius 1 is 1.47 bits per heavy atom. The average Bonchev–Trinajstić information content (AvgIpc) is 2.72. The molecule has 0 saturated carbocycles. The summed E-state index contributed by atoms with van der Waals surface area (Å²) < 4.78 is 0. The van der Waals surface area contributed by atoms with Gasteiger partial charge >= 0.3 is 5.97 Å². The van der Waals surface area contributed by atoms with Crippen LogP contribution in [0, 0.1) is 6.92 Å². The van der Waals surface area contributed by atoms with Crippen molar-refractivity contribution in [1.82, 2.24) is 15.0 Å². The topological polar surface area (TPSA) is 78.9 Å². The van der Waals surface area contributed by atoms with Crippen LogP contribution in [0.1, 0.15) is 31.8 Å². The molecule has 0 unspecified atom stereocenters. The fourth-order valence-corrected chi connectivity index (χ4v) is 2.03. The molecular weight excluding hydrogens is 242 g/mol. The molecule has 2 aromatic rings. The van der Waals surface area contributed by atoms with Crippen LogP contribution in [-0.4, -0.2) is 26.0 Å². The maximum absolute atomic E-state index is 10.9. The number of aliphatic carboxylic acids is 1. The zero-order valence-electron chi connectivity index (χ0n) is 11.3. The van der Waals surface area contributed by atoms with Crippen LogP contribution in [0.2, 0.25) is 0 Å². The van der Waals surface area contributed by atoms with Crippen LogP contribution in [0.15, 0.2) is 24.5 Å². The highest BCUT2D eigenvalue weighted by Gasteiger charge is 2.28. The van der Waals surface area contributed by atoms with Gasteiger partial charge in [0.05, 0.1) is 12.1 Å². The minimum Gasteiger partial charge on any atom is -0.481 e. The number of H-pyrrole nitrogens is 1. The largest absolute Gasteiger partial charge is 0.481 e. The van der Waals surface area contributed by atoms with Crippen molar-refractivity contribution in [3.05, 3.63) is 36.0 Å². The molecule has 0 aromatic carbocycles. The summed E-state index contributed by atoms with van der Waals surface area (Å²) >= 11 is 0. The molecule has 2 heterocycles. The van der Waals surface area contributed by atoms with Crippen molar-refractivity contribution in [3.8, 4) is 11.3 Å². The summed E-state index contributed by atoms with van der Waals surface area (Å²) in [6, 6.07) is 3.79. The van der Waals surface area contributed by atoms with Crippen LogP contribution in [0.3, 0.4) is 0 Å². The minimum absolute atomic E-state index is 0.0342. The lowest BCUT2D eigenvalue weighted by Crippen LogP contribution is -2.23. The van der Waals surface area contributed by atoms with Gasteiger partial charge in [0.25, 0.3) is 0 Å². The van der Waals surface area contributed by atoms with E-state index >= 15 is 0 Å². The van der Waals surface area contributed by atoms with Gasteiger partial charge in [0, 0.05) is 29.1 Å². The van der Waals surface area contributed by atoms with Gasteiger partial charge in [-0.25, -0.2) is 4.98 Å². The van der Waals surface area contributed by atoms with Crippen LogP contribution in [0.25, 0.3) is 11.3 Å². The molecule has 0 radical (unpaired) electrons. The highest BCUT2D eigenvalue weighted by Crippen LogP contribution is 2.28. The number of pyridine rings is 1. The number of carboxylic acid groups (broad SMARTS) is 1. The molecular formula is C14H17N3O2. The van der Waals surface area contributed by atoms with E-state index in [1.807, 2.05) is 32.9 Å². The Balaban J connectivity index is 2.39. The Labute approximate surface area is 111 Å². The van der Waals surface area contributed by atoms with E-state index in [0.717, 1.165) is 17.0 Å². The maximum atomic E-state index is 10.9. The SMILES string of the molecule is Cc1[nH]c(C(C)(C)CC(=O)O)nc1-c1cccnc1. The molecule has 19 heavy (non-hydrogen) atoms. The van der Waals surface area contributed by atoms with Crippen LogP contribution in [0.4, 0.5) is 0 Å². The lowest BCUT2D eigenvalue weighted by molar-refractivity contribution is -0.138. The first kappa shape index (κ1) is 13.3. The molecule has 100 valence electrons. The lowest BCUT2D eigenvalue weighted by atomic mass is 9.88. The third-order valence-electron chi connectivity index (χ3n) is 3.05. The standard InChI is InChI=1S/C14H17N3O2/c1-9-12(10-5-4-6-15-8-10)17-13(16-9)14(2,3)7-11(18)19/h4-6,8H,7H2,1-3H3,(H,16,17)(H,18,19). The summed E-state index contributed by atoms with van der Waals surface area (Å²) in [4.78, 5) is 22.7. The number of nitrogens with zero attached hydrogens (tertiary/aromatic N) is 2. The van der Waals surface area contributed by atoms with E-state index in [2.05, 4.69) is 15.0 Å². The van der Waals surface area contributed by atoms with E-state index in [1.165, 1.54) is 0 Å². The van der Waals surface area contributed by atoms with E-state index in [9.17, 15) is 4.79 Å². The molecule has 5 heteroatoms. The minimum atomic E-state index is -0.831. The number of imidazole rings is 1. The number of rotatable bonds is 4. The van der Waals surface area contributed by atoms with Crippen molar-refractivity contribution in [2.75, 3.05) is 0 Å². The van der Waals surface area contributed by atoms with Gasteiger partial charge in [-0.2, -0.15) is 0 Å². The van der Waals surface area contributed by atoms with Crippen LogP contribution in [-0.2, 0) is 10.2 Å². The molecule has 0 atom stereocenters. The predicted molar refractivity (Wildman–Crippen MR) is 71.8 cm³/mol. The molecule has 0 saturated heterocycles. The van der Waals surface area contributed by atoms with Crippen molar-refractivity contribution in [2.45, 2.75) is 32.6 Å². The highest BCUT2D eigenvalue weighted by atomic mass is 16.4. The summed E-state index contributed by atoms with van der Waals surface area (Å²) in [6.45, 7) is 5.66. The fraction of sp³-hybridized carbons (Fsp3) is 0.357. The Hall–Kier alpha value is -2.17. The maximum Gasteiger partial charge on any atom is 0.304 e. The second-order valence-corrected chi connectivity index (χ2v) is 5.26. The number of carboxylic acids is 1. The number of hydrogen-bond donors (Lipinski definition) is 2. The highest BCUT2D eigenvalue weighted by molar-refractivity contribution is 5.69. The number of aromatic nitrogens is 3. The molecule has 2 N–H and O–H groups in total. The normalized spacial score (nSPS) is 11.5. The molecule has 0 amide bonds. The van der Waals surface area contributed by atoms with Gasteiger partial charge in [0.1, 0.15) is 5.82 Å². The van der Waals surface area contributed by atoms with Gasteiger partial charge in [-0.15, -0.1) is 0 Å². The van der Waals surface area contributed by atoms with E-state index in [-0.39, 0.29) is 6.42 Å².